The average molecular weight is 405 g/mol. The highest BCUT2D eigenvalue weighted by molar-refractivity contribution is 5.65. The molecule has 30 heavy (non-hydrogen) atoms. The van der Waals surface area contributed by atoms with Crippen molar-refractivity contribution in [1.82, 2.24) is 0 Å². The van der Waals surface area contributed by atoms with Gasteiger partial charge in [-0.05, 0) is 67.7 Å². The lowest BCUT2D eigenvalue weighted by Crippen LogP contribution is -2.13. The predicted molar refractivity (Wildman–Crippen MR) is 127 cm³/mol. The molecule has 0 amide bonds. The van der Waals surface area contributed by atoms with Gasteiger partial charge in [-0.2, -0.15) is 0 Å². The number of hydrogen-bond donors (Lipinski definition) is 0. The molecule has 0 bridgehead atoms. The van der Waals surface area contributed by atoms with Crippen LogP contribution in [-0.2, 0) is 6.42 Å². The molecule has 1 aliphatic rings. The topological polar surface area (TPSA) is 0 Å². The lowest BCUT2D eigenvalue weighted by molar-refractivity contribution is 0.294. The fourth-order valence-electron chi connectivity index (χ4n) is 4.52. The van der Waals surface area contributed by atoms with Gasteiger partial charge in [0.15, 0.2) is 0 Å². The van der Waals surface area contributed by atoms with E-state index in [9.17, 15) is 4.39 Å². The minimum absolute atomic E-state index is 0.178. The van der Waals surface area contributed by atoms with Crippen LogP contribution in [0.5, 0.6) is 0 Å². The summed E-state index contributed by atoms with van der Waals surface area (Å²) >= 11 is 0. The molecular formula is C29H37F. The molecule has 1 saturated carbocycles. The molecule has 0 radical (unpaired) electrons. The Morgan fingerprint density at radius 1 is 0.867 bits per heavy atom. The third-order valence-electron chi connectivity index (χ3n) is 6.54. The molecule has 160 valence electrons. The number of unbranched alkanes of at least 4 members (excludes halogenated alkanes) is 3. The van der Waals surface area contributed by atoms with Crippen molar-refractivity contribution in [3.63, 3.8) is 0 Å². The van der Waals surface area contributed by atoms with E-state index in [0.717, 1.165) is 23.5 Å². The van der Waals surface area contributed by atoms with E-state index in [1.54, 1.807) is 6.07 Å². The molecule has 2 aromatic rings. The molecular weight excluding hydrogens is 367 g/mol. The van der Waals surface area contributed by atoms with Gasteiger partial charge in [0, 0.05) is 17.0 Å². The van der Waals surface area contributed by atoms with Gasteiger partial charge in [-0.15, -0.1) is 0 Å². The largest absolute Gasteiger partial charge is 0.206 e. The van der Waals surface area contributed by atoms with Crippen LogP contribution in [0.4, 0.5) is 4.39 Å². The molecule has 3 rings (SSSR count). The Morgan fingerprint density at radius 2 is 1.60 bits per heavy atom. The molecule has 0 aromatic heterocycles. The zero-order valence-electron chi connectivity index (χ0n) is 18.9. The first-order chi connectivity index (χ1) is 14.7. The summed E-state index contributed by atoms with van der Waals surface area (Å²) in [7, 11) is 0. The Balaban J connectivity index is 1.56. The summed E-state index contributed by atoms with van der Waals surface area (Å²) in [6, 6.07) is 13.8. The molecule has 1 heteroatoms. The highest BCUT2D eigenvalue weighted by atomic mass is 19.1. The van der Waals surface area contributed by atoms with Gasteiger partial charge in [0.25, 0.3) is 0 Å². The van der Waals surface area contributed by atoms with Crippen LogP contribution < -0.4 is 0 Å². The van der Waals surface area contributed by atoms with E-state index in [0.29, 0.717) is 11.5 Å². The fraction of sp³-hybridized carbons (Fsp3) is 0.517. The second kappa shape index (κ2) is 11.9. The van der Waals surface area contributed by atoms with E-state index < -0.39 is 0 Å². The number of halogens is 1. The normalized spacial score (nSPS) is 18.6. The number of rotatable bonds is 8. The Morgan fingerprint density at radius 3 is 2.27 bits per heavy atom. The van der Waals surface area contributed by atoms with Crippen LogP contribution in [0.25, 0.3) is 11.1 Å². The molecule has 1 fully saturated rings. The van der Waals surface area contributed by atoms with Gasteiger partial charge in [0.2, 0.25) is 0 Å². The third kappa shape index (κ3) is 6.73. The number of benzene rings is 2. The van der Waals surface area contributed by atoms with Gasteiger partial charge in [-0.3, -0.25) is 0 Å². The van der Waals surface area contributed by atoms with Crippen LogP contribution >= 0.6 is 0 Å². The molecule has 0 saturated heterocycles. The fourth-order valence-corrected chi connectivity index (χ4v) is 4.52. The van der Waals surface area contributed by atoms with Crippen molar-refractivity contribution in [1.29, 1.82) is 0 Å². The maximum absolute atomic E-state index is 14.7. The SMILES string of the molecule is CCCCCC1CCC(C#Cc2ccc(-c3ccc(CCCC)cc3)c(F)c2)CC1. The van der Waals surface area contributed by atoms with Crippen LogP contribution in [0.2, 0.25) is 0 Å². The Hall–Kier alpha value is -2.07. The molecule has 0 unspecified atom stereocenters. The molecule has 0 heterocycles. The Bertz CT molecular complexity index is 829. The zero-order chi connectivity index (χ0) is 21.2. The number of aryl methyl sites for hydroxylation is 1. The van der Waals surface area contributed by atoms with Crippen LogP contribution in [0.15, 0.2) is 42.5 Å². The van der Waals surface area contributed by atoms with E-state index in [4.69, 9.17) is 0 Å². The number of hydrogen-bond acceptors (Lipinski definition) is 0. The molecule has 1 aliphatic carbocycles. The first-order valence-corrected chi connectivity index (χ1v) is 12.1. The smallest absolute Gasteiger partial charge is 0.132 e. The molecule has 0 nitrogen and oxygen atoms in total. The van der Waals surface area contributed by atoms with E-state index in [1.807, 2.05) is 24.3 Å². The van der Waals surface area contributed by atoms with Crippen molar-refractivity contribution in [3.8, 4) is 23.0 Å². The molecule has 0 spiro atoms. The van der Waals surface area contributed by atoms with Gasteiger partial charge in [-0.1, -0.05) is 88.1 Å². The minimum Gasteiger partial charge on any atom is -0.206 e. The summed E-state index contributed by atoms with van der Waals surface area (Å²) < 4.78 is 14.7. The standard InChI is InChI=1S/C29H37F/c1-3-5-7-9-24-10-12-25(13-11-24)14-15-26-18-21-28(29(30)22-26)27-19-16-23(17-20-27)8-6-4-2/h16-22,24-25H,3-13H2,1-2H3. The lowest BCUT2D eigenvalue weighted by Gasteiger charge is -2.25. The van der Waals surface area contributed by atoms with Crippen molar-refractivity contribution in [3.05, 3.63) is 59.4 Å². The van der Waals surface area contributed by atoms with Gasteiger partial charge >= 0.3 is 0 Å². The van der Waals surface area contributed by atoms with Gasteiger partial charge in [0.1, 0.15) is 5.82 Å². The Kier molecular flexibility index (Phi) is 9.00. The van der Waals surface area contributed by atoms with E-state index in [1.165, 1.54) is 69.8 Å². The quantitative estimate of drug-likeness (QED) is 0.305. The zero-order valence-corrected chi connectivity index (χ0v) is 18.9. The summed E-state index contributed by atoms with van der Waals surface area (Å²) in [6.45, 7) is 4.47. The summed E-state index contributed by atoms with van der Waals surface area (Å²) in [5.74, 6) is 7.87. The van der Waals surface area contributed by atoms with Crippen molar-refractivity contribution >= 4 is 0 Å². The van der Waals surface area contributed by atoms with E-state index >= 15 is 0 Å². The van der Waals surface area contributed by atoms with Crippen LogP contribution in [-0.4, -0.2) is 0 Å². The second-order valence-electron chi connectivity index (χ2n) is 8.98. The van der Waals surface area contributed by atoms with Crippen molar-refractivity contribution in [2.24, 2.45) is 11.8 Å². The van der Waals surface area contributed by atoms with Crippen LogP contribution in [0.1, 0.15) is 89.2 Å². The second-order valence-corrected chi connectivity index (χ2v) is 8.98. The maximum Gasteiger partial charge on any atom is 0.132 e. The summed E-state index contributed by atoms with van der Waals surface area (Å²) in [5, 5.41) is 0. The van der Waals surface area contributed by atoms with Gasteiger partial charge in [-0.25, -0.2) is 4.39 Å². The molecule has 0 N–H and O–H groups in total. The average Bonchev–Trinajstić information content (AvgIpc) is 2.78. The maximum atomic E-state index is 14.7. The summed E-state index contributed by atoms with van der Waals surface area (Å²) in [6.07, 6.45) is 13.9. The van der Waals surface area contributed by atoms with Crippen molar-refractivity contribution < 1.29 is 4.39 Å². The third-order valence-corrected chi connectivity index (χ3v) is 6.54. The van der Waals surface area contributed by atoms with Gasteiger partial charge < -0.3 is 0 Å². The molecule has 0 atom stereocenters. The van der Waals surface area contributed by atoms with Crippen molar-refractivity contribution in [2.45, 2.75) is 84.5 Å². The highest BCUT2D eigenvalue weighted by Crippen LogP contribution is 2.32. The predicted octanol–water partition coefficient (Wildman–Crippen LogP) is 8.57. The van der Waals surface area contributed by atoms with Crippen LogP contribution in [0.3, 0.4) is 0 Å². The minimum atomic E-state index is -0.178. The van der Waals surface area contributed by atoms with Crippen LogP contribution in [0, 0.1) is 29.5 Å². The lowest BCUT2D eigenvalue weighted by atomic mass is 9.80. The monoisotopic (exact) mass is 404 g/mol. The molecule has 0 aliphatic heterocycles. The first kappa shape index (κ1) is 22.6. The van der Waals surface area contributed by atoms with Crippen molar-refractivity contribution in [2.75, 3.05) is 0 Å². The first-order valence-electron chi connectivity index (χ1n) is 12.1. The highest BCUT2D eigenvalue weighted by Gasteiger charge is 2.19. The van der Waals surface area contributed by atoms with E-state index in [-0.39, 0.29) is 5.82 Å². The molecule has 2 aromatic carbocycles. The Labute approximate surface area is 183 Å². The summed E-state index contributed by atoms with van der Waals surface area (Å²) in [4.78, 5) is 0. The van der Waals surface area contributed by atoms with E-state index in [2.05, 4.69) is 37.8 Å². The van der Waals surface area contributed by atoms with Gasteiger partial charge in [0.05, 0.1) is 0 Å². The summed E-state index contributed by atoms with van der Waals surface area (Å²) in [5.41, 5.74) is 3.72.